The summed E-state index contributed by atoms with van der Waals surface area (Å²) in [6, 6.07) is 15.6. The van der Waals surface area contributed by atoms with Gasteiger partial charge in [-0.15, -0.1) is 11.3 Å². The van der Waals surface area contributed by atoms with E-state index in [-0.39, 0.29) is 10.6 Å². The number of imidazole rings is 1. The van der Waals surface area contributed by atoms with Gasteiger partial charge < -0.3 is 0 Å². The van der Waals surface area contributed by atoms with Gasteiger partial charge in [0.1, 0.15) is 11.4 Å². The lowest BCUT2D eigenvalue weighted by atomic mass is 10.1. The van der Waals surface area contributed by atoms with Gasteiger partial charge >= 0.3 is 0 Å². The van der Waals surface area contributed by atoms with E-state index in [9.17, 15) is 13.2 Å². The molecular weight excluding hydrogens is 368 g/mol. The van der Waals surface area contributed by atoms with Crippen LogP contribution in [0.5, 0.6) is 0 Å². The number of fused-ring (bicyclic) bond motifs is 1. The van der Waals surface area contributed by atoms with E-state index in [1.165, 1.54) is 11.3 Å². The molecule has 0 bridgehead atoms. The second-order valence-electron chi connectivity index (χ2n) is 5.79. The van der Waals surface area contributed by atoms with E-state index >= 15 is 0 Å². The van der Waals surface area contributed by atoms with Crippen molar-refractivity contribution in [1.82, 2.24) is 9.38 Å². The number of carbonyl (C=O) groups is 1. The van der Waals surface area contributed by atoms with Gasteiger partial charge in [0.2, 0.25) is 0 Å². The maximum Gasteiger partial charge on any atom is 0.194 e. The average Bonchev–Trinajstić information content (AvgIpc) is 3.23. The van der Waals surface area contributed by atoms with Crippen LogP contribution in [0.25, 0.3) is 16.2 Å². The van der Waals surface area contributed by atoms with Gasteiger partial charge in [0, 0.05) is 17.1 Å². The molecule has 26 heavy (non-hydrogen) atoms. The molecule has 0 atom stereocenters. The molecule has 0 unspecified atom stereocenters. The molecule has 0 saturated heterocycles. The standard InChI is InChI=1S/C19H14N2O3S2/c22-12-17-18(20-19-21(17)10-11-25-19)15-6-8-16(9-7-15)26(23,24)13-14-4-2-1-3-5-14/h1-12H,13H2. The number of sulfone groups is 1. The van der Waals surface area contributed by atoms with Gasteiger partial charge in [0.15, 0.2) is 21.1 Å². The number of rotatable bonds is 5. The molecular formula is C19H14N2O3S2. The van der Waals surface area contributed by atoms with Crippen LogP contribution in [-0.2, 0) is 15.6 Å². The van der Waals surface area contributed by atoms with Crippen LogP contribution in [0.15, 0.2) is 71.1 Å². The van der Waals surface area contributed by atoms with Crippen LogP contribution >= 0.6 is 11.3 Å². The molecule has 0 aliphatic heterocycles. The smallest absolute Gasteiger partial charge is 0.194 e. The third kappa shape index (κ3) is 2.95. The number of hydrogen-bond donors (Lipinski definition) is 0. The van der Waals surface area contributed by atoms with Crippen molar-refractivity contribution in [3.63, 3.8) is 0 Å². The predicted molar refractivity (Wildman–Crippen MR) is 101 cm³/mol. The zero-order chi connectivity index (χ0) is 18.1. The first-order valence-electron chi connectivity index (χ1n) is 7.86. The summed E-state index contributed by atoms with van der Waals surface area (Å²) < 4.78 is 26.9. The Morgan fingerprint density at radius 2 is 1.77 bits per heavy atom. The van der Waals surface area contributed by atoms with Gasteiger partial charge in [-0.3, -0.25) is 9.20 Å². The molecule has 0 saturated carbocycles. The number of aromatic nitrogens is 2. The number of benzene rings is 2. The first-order valence-corrected chi connectivity index (χ1v) is 10.4. The van der Waals surface area contributed by atoms with Crippen LogP contribution in [0, 0.1) is 0 Å². The zero-order valence-electron chi connectivity index (χ0n) is 13.6. The van der Waals surface area contributed by atoms with Gasteiger partial charge in [0.25, 0.3) is 0 Å². The normalized spacial score (nSPS) is 11.7. The van der Waals surface area contributed by atoms with Crippen molar-refractivity contribution in [2.75, 3.05) is 0 Å². The van der Waals surface area contributed by atoms with Crippen molar-refractivity contribution in [3.05, 3.63) is 77.4 Å². The van der Waals surface area contributed by atoms with Crippen LogP contribution < -0.4 is 0 Å². The molecule has 2 aromatic carbocycles. The van der Waals surface area contributed by atoms with E-state index in [0.29, 0.717) is 17.0 Å². The highest BCUT2D eigenvalue weighted by molar-refractivity contribution is 7.90. The molecule has 5 nitrogen and oxygen atoms in total. The number of hydrogen-bond acceptors (Lipinski definition) is 5. The highest BCUT2D eigenvalue weighted by Gasteiger charge is 2.18. The third-order valence-electron chi connectivity index (χ3n) is 4.10. The predicted octanol–water partition coefficient (Wildman–Crippen LogP) is 3.85. The molecule has 0 spiro atoms. The zero-order valence-corrected chi connectivity index (χ0v) is 15.2. The largest absolute Gasteiger partial charge is 0.296 e. The lowest BCUT2D eigenvalue weighted by molar-refractivity contribution is 0.111. The van der Waals surface area contributed by atoms with Crippen LogP contribution in [-0.4, -0.2) is 24.1 Å². The van der Waals surface area contributed by atoms with Crippen molar-refractivity contribution in [1.29, 1.82) is 0 Å². The molecule has 2 aromatic heterocycles. The Kier molecular flexibility index (Phi) is 4.18. The summed E-state index contributed by atoms with van der Waals surface area (Å²) in [5.74, 6) is -0.0486. The molecule has 0 aliphatic rings. The fourth-order valence-electron chi connectivity index (χ4n) is 2.83. The van der Waals surface area contributed by atoms with Crippen molar-refractivity contribution in [2.45, 2.75) is 10.6 Å². The van der Waals surface area contributed by atoms with Gasteiger partial charge in [-0.2, -0.15) is 0 Å². The molecule has 0 N–H and O–H groups in total. The Labute approximate surface area is 154 Å². The molecule has 0 radical (unpaired) electrons. The molecule has 2 heterocycles. The minimum Gasteiger partial charge on any atom is -0.296 e. The Hall–Kier alpha value is -2.77. The molecule has 0 fully saturated rings. The summed E-state index contributed by atoms with van der Waals surface area (Å²) in [5, 5.41) is 1.86. The number of nitrogens with zero attached hydrogens (tertiary/aromatic N) is 2. The van der Waals surface area contributed by atoms with Crippen molar-refractivity contribution >= 4 is 32.4 Å². The second-order valence-corrected chi connectivity index (χ2v) is 8.65. The lowest BCUT2D eigenvalue weighted by Crippen LogP contribution is -2.04. The van der Waals surface area contributed by atoms with Crippen molar-refractivity contribution < 1.29 is 13.2 Å². The van der Waals surface area contributed by atoms with E-state index in [0.717, 1.165) is 16.8 Å². The molecule has 0 amide bonds. The molecule has 130 valence electrons. The van der Waals surface area contributed by atoms with Crippen molar-refractivity contribution in [3.8, 4) is 11.3 Å². The first kappa shape index (κ1) is 16.7. The number of thiazole rings is 1. The van der Waals surface area contributed by atoms with E-state index < -0.39 is 9.84 Å². The number of aldehydes is 1. The van der Waals surface area contributed by atoms with E-state index in [2.05, 4.69) is 4.98 Å². The monoisotopic (exact) mass is 382 g/mol. The summed E-state index contributed by atoms with van der Waals surface area (Å²) in [5.41, 5.74) is 2.47. The average molecular weight is 382 g/mol. The topological polar surface area (TPSA) is 68.5 Å². The van der Waals surface area contributed by atoms with Crippen molar-refractivity contribution in [2.24, 2.45) is 0 Å². The van der Waals surface area contributed by atoms with E-state index in [4.69, 9.17) is 0 Å². The van der Waals surface area contributed by atoms with Crippen LogP contribution in [0.2, 0.25) is 0 Å². The fourth-order valence-corrected chi connectivity index (χ4v) is 4.90. The Morgan fingerprint density at radius 3 is 2.46 bits per heavy atom. The SMILES string of the molecule is O=Cc1c(-c2ccc(S(=O)(=O)Cc3ccccc3)cc2)nc2sccn12. The van der Waals surface area contributed by atoms with Gasteiger partial charge in [-0.25, -0.2) is 13.4 Å². The molecule has 7 heteroatoms. The van der Waals surface area contributed by atoms with Gasteiger partial charge in [0.05, 0.1) is 10.6 Å². The minimum atomic E-state index is -3.43. The Bertz CT molecular complexity index is 1170. The first-order chi connectivity index (χ1) is 12.6. The van der Waals surface area contributed by atoms with Gasteiger partial charge in [-0.1, -0.05) is 42.5 Å². The summed E-state index contributed by atoms with van der Waals surface area (Å²) in [6.07, 6.45) is 2.56. The van der Waals surface area contributed by atoms with E-state index in [1.807, 2.05) is 23.6 Å². The Balaban J connectivity index is 1.68. The summed E-state index contributed by atoms with van der Waals surface area (Å²) in [6.45, 7) is 0. The quantitative estimate of drug-likeness (QED) is 0.492. The summed E-state index contributed by atoms with van der Waals surface area (Å²) >= 11 is 1.44. The third-order valence-corrected chi connectivity index (χ3v) is 6.56. The number of carbonyl (C=O) groups excluding carboxylic acids is 1. The fraction of sp³-hybridized carbons (Fsp3) is 0.0526. The highest BCUT2D eigenvalue weighted by Crippen LogP contribution is 2.27. The summed E-state index contributed by atoms with van der Waals surface area (Å²) in [7, 11) is -3.43. The maximum absolute atomic E-state index is 12.6. The van der Waals surface area contributed by atoms with Crippen LogP contribution in [0.3, 0.4) is 0 Å². The molecule has 4 aromatic rings. The molecule has 4 rings (SSSR count). The minimum absolute atomic E-state index is 0.0486. The van der Waals surface area contributed by atoms with Gasteiger partial charge in [-0.05, 0) is 17.7 Å². The van der Waals surface area contributed by atoms with Crippen LogP contribution in [0.1, 0.15) is 16.1 Å². The maximum atomic E-state index is 12.6. The molecule has 0 aliphatic carbocycles. The highest BCUT2D eigenvalue weighted by atomic mass is 32.2. The summed E-state index contributed by atoms with van der Waals surface area (Å²) in [4.78, 5) is 16.9. The van der Waals surface area contributed by atoms with Crippen LogP contribution in [0.4, 0.5) is 0 Å². The second kappa shape index (κ2) is 6.51. The Morgan fingerprint density at radius 1 is 1.04 bits per heavy atom. The van der Waals surface area contributed by atoms with E-state index in [1.54, 1.807) is 47.0 Å². The lowest BCUT2D eigenvalue weighted by Gasteiger charge is -2.06.